The number of aryl methyl sites for hydroxylation is 1. The highest BCUT2D eigenvalue weighted by atomic mass is 32.1. The van der Waals surface area contributed by atoms with E-state index in [0.717, 1.165) is 16.1 Å². The second-order valence-electron chi connectivity index (χ2n) is 7.05. The smallest absolute Gasteiger partial charge is 0.211 e. The van der Waals surface area contributed by atoms with Crippen LogP contribution in [-0.4, -0.2) is 14.8 Å². The van der Waals surface area contributed by atoms with Gasteiger partial charge in [0.1, 0.15) is 11.6 Å². The van der Waals surface area contributed by atoms with Gasteiger partial charge in [0.15, 0.2) is 0 Å². The molecule has 3 nitrogen and oxygen atoms in total. The van der Waals surface area contributed by atoms with Gasteiger partial charge in [-0.3, -0.25) is 0 Å². The van der Waals surface area contributed by atoms with Crippen LogP contribution in [0.25, 0.3) is 38.9 Å². The molecule has 0 fully saturated rings. The summed E-state index contributed by atoms with van der Waals surface area (Å²) in [6, 6.07) is 24.5. The Morgan fingerprint density at radius 3 is 2.06 bits per heavy atom. The average Bonchev–Trinajstić information content (AvgIpc) is 3.39. The Bertz CT molecular complexity index is 1370. The molecule has 0 aliphatic heterocycles. The first-order valence-electron chi connectivity index (χ1n) is 9.75. The topological polar surface area (TPSA) is 30.7 Å². The van der Waals surface area contributed by atoms with Gasteiger partial charge >= 0.3 is 0 Å². The Morgan fingerprint density at radius 2 is 1.39 bits per heavy atom. The summed E-state index contributed by atoms with van der Waals surface area (Å²) in [6.45, 7) is 1.99. The van der Waals surface area contributed by atoms with Crippen LogP contribution >= 0.6 is 11.3 Å². The molecule has 0 N–H and O–H groups in total. The first-order valence-corrected chi connectivity index (χ1v) is 10.6. The zero-order valence-corrected chi connectivity index (χ0v) is 17.4. The van der Waals surface area contributed by atoms with E-state index < -0.39 is 0 Å². The highest BCUT2D eigenvalue weighted by Gasteiger charge is 2.20. The number of aromatic nitrogens is 3. The monoisotopic (exact) mass is 429 g/mol. The highest BCUT2D eigenvalue weighted by Crippen LogP contribution is 2.35. The molecule has 0 bridgehead atoms. The molecule has 0 unspecified atom stereocenters. The predicted molar refractivity (Wildman–Crippen MR) is 120 cm³/mol. The molecule has 31 heavy (non-hydrogen) atoms. The lowest BCUT2D eigenvalue weighted by molar-refractivity contribution is 0.629. The lowest BCUT2D eigenvalue weighted by atomic mass is 10.1. The maximum absolute atomic E-state index is 14.7. The van der Waals surface area contributed by atoms with Gasteiger partial charge in [-0.2, -0.15) is 5.10 Å². The second kappa shape index (κ2) is 7.89. The van der Waals surface area contributed by atoms with Crippen molar-refractivity contribution >= 4 is 11.3 Å². The molecule has 6 heteroatoms. The van der Waals surface area contributed by atoms with E-state index in [4.69, 9.17) is 4.98 Å². The minimum absolute atomic E-state index is 0.357. The third-order valence-corrected chi connectivity index (χ3v) is 5.97. The Labute approximate surface area is 182 Å². The summed E-state index contributed by atoms with van der Waals surface area (Å²) in [7, 11) is 0. The van der Waals surface area contributed by atoms with Crippen molar-refractivity contribution in [1.29, 1.82) is 0 Å². The van der Waals surface area contributed by atoms with Gasteiger partial charge in [-0.25, -0.2) is 18.4 Å². The zero-order valence-electron chi connectivity index (χ0n) is 16.6. The first kappa shape index (κ1) is 19.3. The quantitative estimate of drug-likeness (QED) is 0.311. The van der Waals surface area contributed by atoms with E-state index >= 15 is 0 Å². The maximum Gasteiger partial charge on any atom is 0.211 e. The van der Waals surface area contributed by atoms with Gasteiger partial charge in [0.05, 0.1) is 17.1 Å². The first-order chi connectivity index (χ1) is 15.1. The van der Waals surface area contributed by atoms with Crippen LogP contribution in [0.15, 0.2) is 84.9 Å². The van der Waals surface area contributed by atoms with Gasteiger partial charge in [0, 0.05) is 21.6 Å². The summed E-state index contributed by atoms with van der Waals surface area (Å²) in [5, 5.41) is 5.23. The molecule has 0 saturated heterocycles. The molecule has 0 saturated carbocycles. The van der Waals surface area contributed by atoms with Crippen LogP contribution in [0.3, 0.4) is 0 Å². The van der Waals surface area contributed by atoms with Crippen molar-refractivity contribution in [1.82, 2.24) is 14.8 Å². The fourth-order valence-electron chi connectivity index (χ4n) is 3.53. The van der Waals surface area contributed by atoms with Crippen LogP contribution < -0.4 is 0 Å². The number of benzene rings is 3. The van der Waals surface area contributed by atoms with Crippen molar-refractivity contribution in [3.8, 4) is 38.9 Å². The van der Waals surface area contributed by atoms with Crippen LogP contribution in [0.2, 0.25) is 0 Å². The van der Waals surface area contributed by atoms with Crippen molar-refractivity contribution < 1.29 is 8.78 Å². The largest absolute Gasteiger partial charge is 0.218 e. The fraction of sp³-hybridized carbons (Fsp3) is 0.0400. The van der Waals surface area contributed by atoms with Gasteiger partial charge in [-0.05, 0) is 37.3 Å². The minimum Gasteiger partial charge on any atom is -0.218 e. The molecule has 0 atom stereocenters. The van der Waals surface area contributed by atoms with Crippen molar-refractivity contribution in [2.24, 2.45) is 0 Å². The summed E-state index contributed by atoms with van der Waals surface area (Å²) >= 11 is 1.46. The number of hydrogen-bond acceptors (Lipinski definition) is 3. The lowest BCUT2D eigenvalue weighted by Gasteiger charge is -2.05. The maximum atomic E-state index is 14.7. The Morgan fingerprint density at radius 1 is 0.774 bits per heavy atom. The highest BCUT2D eigenvalue weighted by molar-refractivity contribution is 7.14. The summed E-state index contributed by atoms with van der Waals surface area (Å²) in [4.78, 5) is 5.82. The lowest BCUT2D eigenvalue weighted by Crippen LogP contribution is -2.00. The molecule has 152 valence electrons. The molecule has 5 rings (SSSR count). The van der Waals surface area contributed by atoms with E-state index in [2.05, 4.69) is 5.10 Å². The van der Waals surface area contributed by atoms with Crippen molar-refractivity contribution in [3.05, 3.63) is 101 Å². The van der Waals surface area contributed by atoms with Gasteiger partial charge < -0.3 is 0 Å². The molecular weight excluding hydrogens is 412 g/mol. The number of rotatable bonds is 4. The predicted octanol–water partition coefficient (Wildman–Crippen LogP) is 6.92. The minimum atomic E-state index is -0.382. The van der Waals surface area contributed by atoms with Crippen molar-refractivity contribution in [2.75, 3.05) is 0 Å². The number of halogens is 2. The van der Waals surface area contributed by atoms with Crippen LogP contribution in [-0.2, 0) is 0 Å². The molecule has 2 heterocycles. The third-order valence-electron chi connectivity index (χ3n) is 5.02. The summed E-state index contributed by atoms with van der Waals surface area (Å²) in [5.41, 5.74) is 3.52. The summed E-state index contributed by atoms with van der Waals surface area (Å²) in [5.74, 6) is -0.757. The van der Waals surface area contributed by atoms with Gasteiger partial charge in [0.2, 0.25) is 5.13 Å². The molecule has 0 amide bonds. The molecule has 5 aromatic rings. The van der Waals surface area contributed by atoms with Gasteiger partial charge in [0.25, 0.3) is 0 Å². The van der Waals surface area contributed by atoms with E-state index in [1.165, 1.54) is 23.5 Å². The Balaban J connectivity index is 1.72. The van der Waals surface area contributed by atoms with Crippen molar-refractivity contribution in [2.45, 2.75) is 6.92 Å². The SMILES string of the molecule is Cc1sc(-n2nc(-c3ccccc3F)cc2-c2ccccc2F)nc1-c1ccccc1. The second-order valence-corrected chi connectivity index (χ2v) is 8.24. The molecule has 3 aromatic carbocycles. The molecule has 0 radical (unpaired) electrons. The van der Waals surface area contributed by atoms with E-state index in [1.807, 2.05) is 37.3 Å². The summed E-state index contributed by atoms with van der Waals surface area (Å²) in [6.07, 6.45) is 0. The van der Waals surface area contributed by atoms with E-state index in [1.54, 1.807) is 47.1 Å². The zero-order chi connectivity index (χ0) is 21.4. The molecule has 0 aliphatic rings. The Kier molecular flexibility index (Phi) is 4.92. The third kappa shape index (κ3) is 3.55. The molecule has 2 aromatic heterocycles. The van der Waals surface area contributed by atoms with E-state index in [0.29, 0.717) is 27.6 Å². The molecule has 0 aliphatic carbocycles. The van der Waals surface area contributed by atoms with Gasteiger partial charge in [-0.15, -0.1) is 0 Å². The number of nitrogens with zero attached hydrogens (tertiary/aromatic N) is 3. The van der Waals surface area contributed by atoms with E-state index in [-0.39, 0.29) is 11.6 Å². The van der Waals surface area contributed by atoms with Crippen LogP contribution in [0.4, 0.5) is 8.78 Å². The average molecular weight is 429 g/mol. The standard InChI is InChI=1S/C25H17F2N3S/c1-16-24(17-9-3-2-4-10-17)28-25(31-16)30-23(19-12-6-8-14-21(19)27)15-22(29-30)18-11-5-7-13-20(18)26/h2-15H,1H3. The van der Waals surface area contributed by atoms with E-state index in [9.17, 15) is 8.78 Å². The van der Waals surface area contributed by atoms with Crippen molar-refractivity contribution in [3.63, 3.8) is 0 Å². The van der Waals surface area contributed by atoms with Crippen LogP contribution in [0.1, 0.15) is 4.88 Å². The number of hydrogen-bond donors (Lipinski definition) is 0. The van der Waals surface area contributed by atoms with Crippen LogP contribution in [0.5, 0.6) is 0 Å². The normalized spacial score (nSPS) is 11.1. The van der Waals surface area contributed by atoms with Gasteiger partial charge in [-0.1, -0.05) is 65.9 Å². The molecular formula is C25H17F2N3S. The van der Waals surface area contributed by atoms with Crippen LogP contribution in [0, 0.1) is 18.6 Å². The molecule has 0 spiro atoms. The Hall–Kier alpha value is -3.64. The number of thiazole rings is 1. The summed E-state index contributed by atoms with van der Waals surface area (Å²) < 4.78 is 30.7. The fourth-order valence-corrected chi connectivity index (χ4v) is 4.42.